The number of benzene rings is 1. The molecule has 0 bridgehead atoms. The number of nitrogens with zero attached hydrogens (tertiary/aromatic N) is 3. The smallest absolute Gasteiger partial charge is 0.411 e. The lowest BCUT2D eigenvalue weighted by molar-refractivity contribution is 0.187. The first-order chi connectivity index (χ1) is 12.1. The lowest BCUT2D eigenvalue weighted by Gasteiger charge is -2.12. The van der Waals surface area contributed by atoms with E-state index < -0.39 is 6.09 Å². The number of hydrogen-bond donors (Lipinski definition) is 2. The Kier molecular flexibility index (Phi) is 6.29. The fourth-order valence-corrected chi connectivity index (χ4v) is 2.48. The quantitative estimate of drug-likeness (QED) is 0.838. The topological polar surface area (TPSA) is 99.9 Å². The third-order valence-electron chi connectivity index (χ3n) is 3.80. The van der Waals surface area contributed by atoms with E-state index in [1.54, 1.807) is 12.1 Å². The predicted octanol–water partition coefficient (Wildman–Crippen LogP) is 3.26. The number of amides is 1. The van der Waals surface area contributed by atoms with Crippen molar-refractivity contribution in [3.63, 3.8) is 0 Å². The summed E-state index contributed by atoms with van der Waals surface area (Å²) in [5.41, 5.74) is 3.99. The Morgan fingerprint density at radius 2 is 1.92 bits per heavy atom. The molecule has 0 fully saturated rings. The molecule has 1 aromatic carbocycles. The van der Waals surface area contributed by atoms with E-state index in [1.165, 1.54) is 7.11 Å². The van der Waals surface area contributed by atoms with Gasteiger partial charge in [-0.25, -0.2) is 4.79 Å². The fourth-order valence-electron chi connectivity index (χ4n) is 2.48. The number of anilines is 2. The molecule has 2 aromatic rings. The molecule has 0 aliphatic heterocycles. The van der Waals surface area contributed by atoms with E-state index >= 15 is 0 Å². The van der Waals surface area contributed by atoms with Gasteiger partial charge in [-0.1, -0.05) is 26.0 Å². The lowest BCUT2D eigenvalue weighted by atomic mass is 10.0. The van der Waals surface area contributed by atoms with Crippen molar-refractivity contribution in [3.05, 3.63) is 46.6 Å². The molecule has 0 aliphatic rings. The Bertz CT molecular complexity index is 781. The van der Waals surface area contributed by atoms with E-state index in [9.17, 15) is 10.1 Å². The summed E-state index contributed by atoms with van der Waals surface area (Å²) in [6.07, 6.45) is 0.979. The van der Waals surface area contributed by atoms with E-state index in [4.69, 9.17) is 0 Å². The summed E-state index contributed by atoms with van der Waals surface area (Å²) in [6, 6.07) is 9.55. The summed E-state index contributed by atoms with van der Waals surface area (Å²) in [7, 11) is 1.32. The van der Waals surface area contributed by atoms with Gasteiger partial charge in [0.2, 0.25) is 0 Å². The van der Waals surface area contributed by atoms with Crippen LogP contribution in [0.3, 0.4) is 0 Å². The second-order valence-corrected chi connectivity index (χ2v) is 5.33. The van der Waals surface area contributed by atoms with E-state index in [0.29, 0.717) is 23.6 Å². The van der Waals surface area contributed by atoms with E-state index in [2.05, 4.69) is 31.6 Å². The number of nitriles is 1. The van der Waals surface area contributed by atoms with E-state index in [1.807, 2.05) is 26.0 Å². The van der Waals surface area contributed by atoms with Crippen LogP contribution in [0.15, 0.2) is 24.3 Å². The number of ether oxygens (including phenoxy) is 1. The molecule has 0 saturated heterocycles. The molecule has 2 rings (SSSR count). The Morgan fingerprint density at radius 3 is 2.48 bits per heavy atom. The zero-order valence-corrected chi connectivity index (χ0v) is 14.6. The van der Waals surface area contributed by atoms with Gasteiger partial charge in [-0.15, -0.1) is 5.10 Å². The lowest BCUT2D eigenvalue weighted by Crippen LogP contribution is -2.11. The summed E-state index contributed by atoms with van der Waals surface area (Å²) in [4.78, 5) is 11.2. The summed E-state index contributed by atoms with van der Waals surface area (Å²) in [5.74, 6) is 0.494. The van der Waals surface area contributed by atoms with Crippen LogP contribution in [0, 0.1) is 11.3 Å². The van der Waals surface area contributed by atoms with Gasteiger partial charge < -0.3 is 10.1 Å². The van der Waals surface area contributed by atoms with Gasteiger partial charge in [0.25, 0.3) is 0 Å². The van der Waals surface area contributed by atoms with Crippen molar-refractivity contribution in [2.24, 2.45) is 0 Å². The highest BCUT2D eigenvalue weighted by molar-refractivity contribution is 5.84. The van der Waals surface area contributed by atoms with Crippen molar-refractivity contribution < 1.29 is 9.53 Å². The normalized spacial score (nSPS) is 10.0. The largest absolute Gasteiger partial charge is 0.453 e. The Labute approximate surface area is 147 Å². The van der Waals surface area contributed by atoms with Gasteiger partial charge in [-0.05, 0) is 36.1 Å². The minimum Gasteiger partial charge on any atom is -0.453 e. The first-order valence-corrected chi connectivity index (χ1v) is 8.09. The molecule has 1 aromatic heterocycles. The monoisotopic (exact) mass is 339 g/mol. The highest BCUT2D eigenvalue weighted by Gasteiger charge is 2.14. The van der Waals surface area contributed by atoms with Crippen LogP contribution in [-0.2, 0) is 24.1 Å². The highest BCUT2D eigenvalue weighted by atomic mass is 16.5. The number of hydrogen-bond acceptors (Lipinski definition) is 6. The summed E-state index contributed by atoms with van der Waals surface area (Å²) in [5, 5.41) is 23.6. The molecule has 2 N–H and O–H groups in total. The van der Waals surface area contributed by atoms with Crippen molar-refractivity contribution in [2.75, 3.05) is 17.7 Å². The molecule has 0 atom stereocenters. The van der Waals surface area contributed by atoms with Gasteiger partial charge >= 0.3 is 6.09 Å². The maximum Gasteiger partial charge on any atom is 0.411 e. The third kappa shape index (κ3) is 4.44. The van der Waals surface area contributed by atoms with Crippen LogP contribution in [0.4, 0.5) is 16.3 Å². The molecule has 7 heteroatoms. The highest BCUT2D eigenvalue weighted by Crippen LogP contribution is 2.20. The van der Waals surface area contributed by atoms with Crippen molar-refractivity contribution in [2.45, 2.75) is 33.2 Å². The maximum atomic E-state index is 11.2. The zero-order valence-electron chi connectivity index (χ0n) is 14.6. The molecular weight excluding hydrogens is 318 g/mol. The number of carbonyl (C=O) groups is 1. The van der Waals surface area contributed by atoms with Gasteiger partial charge in [-0.3, -0.25) is 5.32 Å². The van der Waals surface area contributed by atoms with Crippen molar-refractivity contribution in [1.29, 1.82) is 5.26 Å². The Hall–Kier alpha value is -3.14. The Morgan fingerprint density at radius 1 is 1.20 bits per heavy atom. The molecule has 130 valence electrons. The molecule has 7 nitrogen and oxygen atoms in total. The number of carbonyl (C=O) groups excluding carboxylic acids is 1. The van der Waals surface area contributed by atoms with Crippen molar-refractivity contribution in [3.8, 4) is 6.07 Å². The van der Waals surface area contributed by atoms with Crippen LogP contribution in [0.2, 0.25) is 0 Å². The average molecular weight is 339 g/mol. The molecule has 0 spiro atoms. The number of rotatable bonds is 6. The van der Waals surface area contributed by atoms with Gasteiger partial charge in [0.1, 0.15) is 11.6 Å². The third-order valence-corrected chi connectivity index (χ3v) is 3.80. The average Bonchev–Trinajstić information content (AvgIpc) is 2.66. The molecule has 0 radical (unpaired) electrons. The standard InChI is InChI=1S/C18H21N5O2/c1-4-14-15(10-19)17(23-22-16(14)5-2)20-11-12-6-8-13(9-7-12)21-18(24)25-3/h6-9H,4-5,11H2,1-3H3,(H,20,23)(H,21,24). The van der Waals surface area contributed by atoms with Crippen LogP contribution in [0.5, 0.6) is 0 Å². The van der Waals surface area contributed by atoms with Crippen molar-refractivity contribution in [1.82, 2.24) is 10.2 Å². The molecular formula is C18H21N5O2. The van der Waals surface area contributed by atoms with Gasteiger partial charge in [0, 0.05) is 12.2 Å². The number of aryl methyl sites for hydroxylation is 1. The summed E-state index contributed by atoms with van der Waals surface area (Å²) < 4.78 is 4.55. The van der Waals surface area contributed by atoms with Crippen LogP contribution >= 0.6 is 0 Å². The zero-order chi connectivity index (χ0) is 18.2. The number of methoxy groups -OCH3 is 1. The first kappa shape index (κ1) is 18.2. The van der Waals surface area contributed by atoms with Crippen LogP contribution < -0.4 is 10.6 Å². The summed E-state index contributed by atoms with van der Waals surface area (Å²) >= 11 is 0. The minimum atomic E-state index is -0.511. The number of nitrogens with one attached hydrogen (secondary N) is 2. The maximum absolute atomic E-state index is 11.2. The van der Waals surface area contributed by atoms with Gasteiger partial charge in [0.05, 0.1) is 12.8 Å². The van der Waals surface area contributed by atoms with E-state index in [-0.39, 0.29) is 0 Å². The molecule has 0 saturated carbocycles. The Balaban J connectivity index is 2.11. The van der Waals surface area contributed by atoms with Crippen LogP contribution in [0.25, 0.3) is 0 Å². The fraction of sp³-hybridized carbons (Fsp3) is 0.333. The summed E-state index contributed by atoms with van der Waals surface area (Å²) in [6.45, 7) is 4.51. The van der Waals surface area contributed by atoms with Crippen LogP contribution in [0.1, 0.15) is 36.2 Å². The first-order valence-electron chi connectivity index (χ1n) is 8.09. The van der Waals surface area contributed by atoms with Crippen molar-refractivity contribution >= 4 is 17.6 Å². The molecule has 25 heavy (non-hydrogen) atoms. The van der Waals surface area contributed by atoms with Gasteiger partial charge in [0.15, 0.2) is 5.82 Å². The SMILES string of the molecule is CCc1nnc(NCc2ccc(NC(=O)OC)cc2)c(C#N)c1CC. The van der Waals surface area contributed by atoms with Gasteiger partial charge in [-0.2, -0.15) is 10.4 Å². The second-order valence-electron chi connectivity index (χ2n) is 5.33. The van der Waals surface area contributed by atoms with E-state index in [0.717, 1.165) is 29.7 Å². The number of aromatic nitrogens is 2. The van der Waals surface area contributed by atoms with Crippen LogP contribution in [-0.4, -0.2) is 23.4 Å². The molecule has 1 amide bonds. The second kappa shape index (κ2) is 8.64. The molecule has 0 unspecified atom stereocenters. The minimum absolute atomic E-state index is 0.494. The predicted molar refractivity (Wildman–Crippen MR) is 95.3 cm³/mol. The molecule has 0 aliphatic carbocycles. The molecule has 1 heterocycles.